The van der Waals surface area contributed by atoms with Gasteiger partial charge in [-0.15, -0.1) is 23.5 Å². The van der Waals surface area contributed by atoms with Gasteiger partial charge in [0.25, 0.3) is 11.8 Å². The standard InChI is InChI=1S/C40H62N6O7S2/c1-8-13-27(32(48)37(52)42-26-16-17-26)43-34(49)28-20-40(54-18-12-19-55-40)21-46(28)38(53)33(39(5,6)7)45-35(50)30(25-14-10-9-11-15-25)44-36(51)31-29(24(4)47)22(2)23(3)41-31/h25-28,30,32-33,41,48H,8-21H2,1-7H3,(H,42,52)(H,43,49)(H,44,51)(H,45,50)/t27-,28-,30-,32?,33+/m0/s1. The van der Waals surface area contributed by atoms with Gasteiger partial charge >= 0.3 is 0 Å². The molecule has 1 unspecified atom stereocenters. The van der Waals surface area contributed by atoms with E-state index in [0.717, 1.165) is 62.9 Å². The highest BCUT2D eigenvalue weighted by atomic mass is 32.2. The maximum atomic E-state index is 14.9. The molecule has 0 bridgehead atoms. The van der Waals surface area contributed by atoms with Gasteiger partial charge in [-0.3, -0.25) is 28.8 Å². The summed E-state index contributed by atoms with van der Waals surface area (Å²) in [6.45, 7) is 12.8. The van der Waals surface area contributed by atoms with E-state index >= 15 is 0 Å². The fourth-order valence-corrected chi connectivity index (χ4v) is 11.5. The first-order valence-corrected chi connectivity index (χ1v) is 22.1. The van der Waals surface area contributed by atoms with Gasteiger partial charge in [-0.1, -0.05) is 53.4 Å². The number of nitrogens with one attached hydrogen (secondary N) is 5. The van der Waals surface area contributed by atoms with Crippen molar-refractivity contribution in [2.45, 2.75) is 159 Å². The Balaban J connectivity index is 1.41. The normalized spacial score (nSPS) is 22.3. The first kappa shape index (κ1) is 43.1. The van der Waals surface area contributed by atoms with Crippen LogP contribution in [0.25, 0.3) is 0 Å². The lowest BCUT2D eigenvalue weighted by molar-refractivity contribution is -0.145. The lowest BCUT2D eigenvalue weighted by atomic mass is 9.82. The molecule has 0 radical (unpaired) electrons. The van der Waals surface area contributed by atoms with Gasteiger partial charge in [0.15, 0.2) is 11.9 Å². The van der Waals surface area contributed by atoms with Crippen molar-refractivity contribution in [3.63, 3.8) is 0 Å². The SMILES string of the molecule is CCC[C@H](NC(=O)[C@@H]1CC2(CN1C(=O)[C@@H](NC(=O)[C@@H](NC(=O)c1[nH]c(C)c(C)c1C(C)=O)C1CCCCC1)C(C)(C)C)SCCCS2)C(O)C(=O)NC1CC1. The highest BCUT2D eigenvalue weighted by Crippen LogP contribution is 2.51. The molecule has 6 N–H and O–H groups in total. The van der Waals surface area contributed by atoms with Gasteiger partial charge in [0.05, 0.1) is 15.7 Å². The summed E-state index contributed by atoms with van der Waals surface area (Å²) in [5, 5.41) is 22.8. The number of aliphatic hydroxyl groups excluding tert-OH is 1. The number of aromatic amines is 1. The van der Waals surface area contributed by atoms with Gasteiger partial charge in [0.2, 0.25) is 17.7 Å². The van der Waals surface area contributed by atoms with E-state index in [1.54, 1.807) is 42.3 Å². The number of amides is 5. The number of aryl methyl sites for hydroxylation is 1. The fraction of sp³-hybridized carbons (Fsp3) is 0.750. The molecule has 2 aliphatic carbocycles. The van der Waals surface area contributed by atoms with Gasteiger partial charge in [-0.2, -0.15) is 0 Å². The predicted molar refractivity (Wildman–Crippen MR) is 216 cm³/mol. The highest BCUT2D eigenvalue weighted by Gasteiger charge is 2.53. The Morgan fingerprint density at radius 3 is 2.16 bits per heavy atom. The summed E-state index contributed by atoms with van der Waals surface area (Å²) in [5.41, 5.74) is 1.01. The maximum Gasteiger partial charge on any atom is 0.269 e. The van der Waals surface area contributed by atoms with Crippen LogP contribution in [0.5, 0.6) is 0 Å². The van der Waals surface area contributed by atoms with Crippen molar-refractivity contribution < 1.29 is 33.9 Å². The minimum atomic E-state index is -1.43. The molecule has 15 heteroatoms. The van der Waals surface area contributed by atoms with Crippen LogP contribution in [0.3, 0.4) is 0 Å². The molecule has 2 saturated heterocycles. The second-order valence-corrected chi connectivity index (χ2v) is 20.3. The van der Waals surface area contributed by atoms with E-state index in [2.05, 4.69) is 26.3 Å². The summed E-state index contributed by atoms with van der Waals surface area (Å²) in [6, 6.07) is -3.66. The molecule has 1 aromatic heterocycles. The number of likely N-dealkylation sites (tertiary alicyclic amines) is 1. The van der Waals surface area contributed by atoms with Crippen molar-refractivity contribution in [3.8, 4) is 0 Å². The molecule has 1 aromatic rings. The van der Waals surface area contributed by atoms with Gasteiger partial charge < -0.3 is 36.3 Å². The van der Waals surface area contributed by atoms with E-state index in [0.29, 0.717) is 42.6 Å². The van der Waals surface area contributed by atoms with Gasteiger partial charge in [-0.05, 0) is 87.7 Å². The van der Waals surface area contributed by atoms with Crippen molar-refractivity contribution in [1.82, 2.24) is 31.2 Å². The fourth-order valence-electron chi connectivity index (χ4n) is 8.18. The zero-order chi connectivity index (χ0) is 40.2. The number of carbonyl (C=O) groups is 6. The van der Waals surface area contributed by atoms with E-state index in [1.165, 1.54) is 6.92 Å². The number of rotatable bonds is 14. The van der Waals surface area contributed by atoms with Crippen LogP contribution in [-0.2, 0) is 19.2 Å². The molecular formula is C40H62N6O7S2. The van der Waals surface area contributed by atoms with Crippen LogP contribution in [-0.4, -0.2) is 109 Å². The van der Waals surface area contributed by atoms with E-state index < -0.39 is 69.3 Å². The third kappa shape index (κ3) is 10.3. The number of ketones is 1. The van der Waals surface area contributed by atoms with E-state index in [1.807, 2.05) is 27.7 Å². The largest absolute Gasteiger partial charge is 0.381 e. The molecule has 0 aromatic carbocycles. The number of H-pyrrole nitrogens is 1. The lowest BCUT2D eigenvalue weighted by Crippen LogP contribution is -2.62. The Kier molecular flexibility index (Phi) is 14.1. The number of aliphatic hydroxyl groups is 1. The molecular weight excluding hydrogens is 741 g/mol. The van der Waals surface area contributed by atoms with Crippen molar-refractivity contribution in [2.24, 2.45) is 11.3 Å². The number of Topliss-reactive ketones (excluding diaryl/α,β-unsaturated/α-hetero) is 1. The molecule has 1 spiro atoms. The first-order valence-electron chi connectivity index (χ1n) is 20.1. The second kappa shape index (κ2) is 18.0. The number of nitrogens with zero attached hydrogens (tertiary/aromatic N) is 1. The summed E-state index contributed by atoms with van der Waals surface area (Å²) in [5.74, 6) is -1.00. The Labute approximate surface area is 334 Å². The van der Waals surface area contributed by atoms with Crippen LogP contribution in [0.1, 0.15) is 137 Å². The quantitative estimate of drug-likeness (QED) is 0.150. The molecule has 2 saturated carbocycles. The molecule has 5 atom stereocenters. The highest BCUT2D eigenvalue weighted by molar-refractivity contribution is 8.18. The van der Waals surface area contributed by atoms with Crippen LogP contribution in [0.4, 0.5) is 0 Å². The number of aromatic nitrogens is 1. The Morgan fingerprint density at radius 1 is 0.927 bits per heavy atom. The van der Waals surface area contributed by atoms with Crippen LogP contribution in [0, 0.1) is 25.2 Å². The Bertz CT molecular complexity index is 1610. The number of carbonyl (C=O) groups excluding carboxylic acids is 6. The van der Waals surface area contributed by atoms with Crippen LogP contribution in [0.15, 0.2) is 0 Å². The molecule has 3 heterocycles. The molecule has 55 heavy (non-hydrogen) atoms. The molecule has 5 rings (SSSR count). The van der Waals surface area contributed by atoms with Crippen molar-refractivity contribution in [2.75, 3.05) is 18.1 Å². The van der Waals surface area contributed by atoms with Gasteiger partial charge in [-0.25, -0.2) is 0 Å². The summed E-state index contributed by atoms with van der Waals surface area (Å²) in [6.07, 6.45) is 7.01. The zero-order valence-corrected chi connectivity index (χ0v) is 35.2. The van der Waals surface area contributed by atoms with E-state index in [9.17, 15) is 33.9 Å². The first-order chi connectivity index (χ1) is 26.0. The summed E-state index contributed by atoms with van der Waals surface area (Å²) >= 11 is 3.50. The van der Waals surface area contributed by atoms with Crippen LogP contribution >= 0.6 is 23.5 Å². The Hall–Kier alpha value is -3.04. The van der Waals surface area contributed by atoms with Crippen LogP contribution < -0.4 is 21.3 Å². The van der Waals surface area contributed by atoms with Gasteiger partial charge in [0, 0.05) is 24.7 Å². The number of thioether (sulfide) groups is 2. The minimum absolute atomic E-state index is 0.0544. The molecule has 2 aliphatic heterocycles. The van der Waals surface area contributed by atoms with Crippen LogP contribution in [0.2, 0.25) is 0 Å². The smallest absolute Gasteiger partial charge is 0.269 e. The third-order valence-corrected chi connectivity index (χ3v) is 14.9. The van der Waals surface area contributed by atoms with Crippen molar-refractivity contribution >= 4 is 58.8 Å². The molecule has 306 valence electrons. The lowest BCUT2D eigenvalue weighted by Gasteiger charge is -2.38. The molecule has 13 nitrogen and oxygen atoms in total. The number of hydrogen-bond acceptors (Lipinski definition) is 9. The summed E-state index contributed by atoms with van der Waals surface area (Å²) in [4.78, 5) is 87.6. The summed E-state index contributed by atoms with van der Waals surface area (Å²) in [7, 11) is 0. The topological polar surface area (TPSA) is 190 Å². The Morgan fingerprint density at radius 2 is 1.58 bits per heavy atom. The summed E-state index contributed by atoms with van der Waals surface area (Å²) < 4.78 is -0.413. The van der Waals surface area contributed by atoms with E-state index in [-0.39, 0.29) is 23.4 Å². The predicted octanol–water partition coefficient (Wildman–Crippen LogP) is 4.14. The average molecular weight is 803 g/mol. The molecule has 5 amide bonds. The average Bonchev–Trinajstić information content (AvgIpc) is 3.81. The van der Waals surface area contributed by atoms with Crippen molar-refractivity contribution in [3.05, 3.63) is 22.5 Å². The van der Waals surface area contributed by atoms with Crippen molar-refractivity contribution in [1.29, 1.82) is 0 Å². The van der Waals surface area contributed by atoms with Gasteiger partial charge in [0.1, 0.15) is 23.8 Å². The number of hydrogen-bond donors (Lipinski definition) is 6. The minimum Gasteiger partial charge on any atom is -0.381 e. The monoisotopic (exact) mass is 802 g/mol. The maximum absolute atomic E-state index is 14.9. The zero-order valence-electron chi connectivity index (χ0n) is 33.6. The molecule has 4 fully saturated rings. The third-order valence-electron chi connectivity index (χ3n) is 11.6. The molecule has 4 aliphatic rings. The van der Waals surface area contributed by atoms with E-state index in [4.69, 9.17) is 0 Å². The second-order valence-electron chi connectivity index (χ2n) is 17.1.